The number of anilines is 1. The van der Waals surface area contributed by atoms with E-state index in [1.807, 2.05) is 60.7 Å². The summed E-state index contributed by atoms with van der Waals surface area (Å²) in [6.45, 7) is 1.48. The molecular weight excluding hydrogens is 348 g/mol. The Hall–Kier alpha value is -3.11. The molecule has 0 saturated carbocycles. The molecule has 2 atom stereocenters. The van der Waals surface area contributed by atoms with Crippen molar-refractivity contribution in [3.8, 4) is 16.9 Å². The van der Waals surface area contributed by atoms with Crippen molar-refractivity contribution in [2.24, 2.45) is 5.92 Å². The fourth-order valence-electron chi connectivity index (χ4n) is 3.80. The van der Waals surface area contributed by atoms with Gasteiger partial charge in [0.25, 0.3) is 0 Å². The standard InChI is InChI=1S/C24H24N2O2/c1-28-21-12-10-18(11-13-21)22-15-25-16-23(22)24(27)26-20-9-5-8-19(14-20)17-6-3-2-4-7-17/h2-14,22-23,25H,15-16H2,1H3,(H,26,27). The lowest BCUT2D eigenvalue weighted by atomic mass is 9.88. The van der Waals surface area contributed by atoms with Gasteiger partial charge in [-0.05, 0) is 41.0 Å². The molecule has 4 heteroatoms. The van der Waals surface area contributed by atoms with E-state index in [0.29, 0.717) is 6.54 Å². The second kappa shape index (κ2) is 8.28. The van der Waals surface area contributed by atoms with Crippen LogP contribution in [0.4, 0.5) is 5.69 Å². The highest BCUT2D eigenvalue weighted by Crippen LogP contribution is 2.31. The van der Waals surface area contributed by atoms with Gasteiger partial charge in [0.1, 0.15) is 5.75 Å². The third kappa shape index (κ3) is 3.92. The second-order valence-electron chi connectivity index (χ2n) is 7.08. The molecule has 0 spiro atoms. The summed E-state index contributed by atoms with van der Waals surface area (Å²) in [7, 11) is 1.66. The van der Waals surface area contributed by atoms with E-state index < -0.39 is 0 Å². The van der Waals surface area contributed by atoms with E-state index in [2.05, 4.69) is 28.8 Å². The molecular formula is C24H24N2O2. The van der Waals surface area contributed by atoms with Crippen LogP contribution in [0.1, 0.15) is 11.5 Å². The Labute approximate surface area is 165 Å². The monoisotopic (exact) mass is 372 g/mol. The smallest absolute Gasteiger partial charge is 0.229 e. The molecule has 4 rings (SSSR count). The molecule has 1 aliphatic rings. The summed E-state index contributed by atoms with van der Waals surface area (Å²) in [5.41, 5.74) is 4.21. The van der Waals surface area contributed by atoms with Gasteiger partial charge in [-0.2, -0.15) is 0 Å². The average molecular weight is 372 g/mol. The Balaban J connectivity index is 1.49. The van der Waals surface area contributed by atoms with E-state index >= 15 is 0 Å². The summed E-state index contributed by atoms with van der Waals surface area (Å²) in [6, 6.07) is 26.2. The molecule has 2 N–H and O–H groups in total. The minimum Gasteiger partial charge on any atom is -0.497 e. The summed E-state index contributed by atoms with van der Waals surface area (Å²) >= 11 is 0. The van der Waals surface area contributed by atoms with Crippen LogP contribution >= 0.6 is 0 Å². The predicted molar refractivity (Wildman–Crippen MR) is 113 cm³/mol. The Morgan fingerprint density at radius 1 is 0.929 bits per heavy atom. The van der Waals surface area contributed by atoms with Crippen LogP contribution in [0, 0.1) is 5.92 Å². The first-order valence-electron chi connectivity index (χ1n) is 9.55. The van der Waals surface area contributed by atoms with Crippen LogP contribution in [0.5, 0.6) is 5.75 Å². The highest BCUT2D eigenvalue weighted by Gasteiger charge is 2.34. The number of carbonyl (C=O) groups is 1. The summed E-state index contributed by atoms with van der Waals surface area (Å²) in [5, 5.41) is 6.47. The minimum absolute atomic E-state index is 0.0519. The van der Waals surface area contributed by atoms with Crippen LogP contribution in [-0.2, 0) is 4.79 Å². The van der Waals surface area contributed by atoms with Crippen LogP contribution in [0.25, 0.3) is 11.1 Å². The Kier molecular flexibility index (Phi) is 5.40. The van der Waals surface area contributed by atoms with Gasteiger partial charge >= 0.3 is 0 Å². The van der Waals surface area contributed by atoms with Gasteiger partial charge in [-0.1, -0.05) is 54.6 Å². The maximum Gasteiger partial charge on any atom is 0.229 e. The van der Waals surface area contributed by atoms with Gasteiger partial charge in [0, 0.05) is 24.7 Å². The highest BCUT2D eigenvalue weighted by molar-refractivity contribution is 5.94. The molecule has 1 aliphatic heterocycles. The Morgan fingerprint density at radius 2 is 1.68 bits per heavy atom. The number of hydrogen-bond acceptors (Lipinski definition) is 3. The van der Waals surface area contributed by atoms with E-state index in [-0.39, 0.29) is 17.7 Å². The molecule has 142 valence electrons. The molecule has 0 aromatic heterocycles. The lowest BCUT2D eigenvalue weighted by Gasteiger charge is -2.19. The Morgan fingerprint density at radius 3 is 2.43 bits per heavy atom. The zero-order valence-corrected chi connectivity index (χ0v) is 15.9. The van der Waals surface area contributed by atoms with Crippen molar-refractivity contribution in [3.63, 3.8) is 0 Å². The number of amides is 1. The first-order chi connectivity index (χ1) is 13.7. The van der Waals surface area contributed by atoms with Gasteiger partial charge in [0.15, 0.2) is 0 Å². The van der Waals surface area contributed by atoms with Crippen molar-refractivity contribution in [1.82, 2.24) is 5.32 Å². The van der Waals surface area contributed by atoms with E-state index in [1.54, 1.807) is 7.11 Å². The number of carbonyl (C=O) groups excluding carboxylic acids is 1. The van der Waals surface area contributed by atoms with Crippen LogP contribution < -0.4 is 15.4 Å². The van der Waals surface area contributed by atoms with Crippen molar-refractivity contribution in [1.29, 1.82) is 0 Å². The third-order valence-corrected chi connectivity index (χ3v) is 5.33. The van der Waals surface area contributed by atoms with Gasteiger partial charge in [0.2, 0.25) is 5.91 Å². The highest BCUT2D eigenvalue weighted by atomic mass is 16.5. The van der Waals surface area contributed by atoms with E-state index in [9.17, 15) is 4.79 Å². The molecule has 1 heterocycles. The lowest BCUT2D eigenvalue weighted by Crippen LogP contribution is -2.28. The molecule has 28 heavy (non-hydrogen) atoms. The van der Waals surface area contributed by atoms with Crippen LogP contribution in [0.2, 0.25) is 0 Å². The van der Waals surface area contributed by atoms with Crippen molar-refractivity contribution in [2.75, 3.05) is 25.5 Å². The Bertz CT molecular complexity index is 938. The molecule has 3 aromatic carbocycles. The predicted octanol–water partition coefficient (Wildman–Crippen LogP) is 4.30. The number of methoxy groups -OCH3 is 1. The van der Waals surface area contributed by atoms with Crippen LogP contribution in [0.15, 0.2) is 78.9 Å². The number of ether oxygens (including phenoxy) is 1. The average Bonchev–Trinajstić information content (AvgIpc) is 3.25. The molecule has 0 radical (unpaired) electrons. The van der Waals surface area contributed by atoms with Crippen molar-refractivity contribution in [2.45, 2.75) is 5.92 Å². The maximum absolute atomic E-state index is 13.0. The number of hydrogen-bond donors (Lipinski definition) is 2. The number of rotatable bonds is 5. The summed E-state index contributed by atoms with van der Waals surface area (Å²) in [6.07, 6.45) is 0. The van der Waals surface area contributed by atoms with Gasteiger partial charge in [-0.3, -0.25) is 4.79 Å². The van der Waals surface area contributed by atoms with E-state index in [4.69, 9.17) is 4.74 Å². The molecule has 0 aliphatic carbocycles. The number of nitrogens with one attached hydrogen (secondary N) is 2. The molecule has 3 aromatic rings. The molecule has 4 nitrogen and oxygen atoms in total. The van der Waals surface area contributed by atoms with Gasteiger partial charge in [-0.15, -0.1) is 0 Å². The number of benzene rings is 3. The molecule has 2 unspecified atom stereocenters. The zero-order chi connectivity index (χ0) is 19.3. The molecule has 1 saturated heterocycles. The first-order valence-corrected chi connectivity index (χ1v) is 9.55. The lowest BCUT2D eigenvalue weighted by molar-refractivity contribution is -0.119. The van der Waals surface area contributed by atoms with E-state index in [1.165, 1.54) is 0 Å². The molecule has 0 bridgehead atoms. The summed E-state index contributed by atoms with van der Waals surface area (Å²) in [4.78, 5) is 13.0. The second-order valence-corrected chi connectivity index (χ2v) is 7.08. The van der Waals surface area contributed by atoms with E-state index in [0.717, 1.165) is 34.7 Å². The fourth-order valence-corrected chi connectivity index (χ4v) is 3.80. The van der Waals surface area contributed by atoms with Gasteiger partial charge < -0.3 is 15.4 Å². The fraction of sp³-hybridized carbons (Fsp3) is 0.208. The first kappa shape index (κ1) is 18.3. The quantitative estimate of drug-likeness (QED) is 0.702. The minimum atomic E-state index is -0.103. The van der Waals surface area contributed by atoms with Crippen molar-refractivity contribution >= 4 is 11.6 Å². The largest absolute Gasteiger partial charge is 0.497 e. The van der Waals surface area contributed by atoms with Gasteiger partial charge in [0.05, 0.1) is 13.0 Å². The van der Waals surface area contributed by atoms with Crippen molar-refractivity contribution in [3.05, 3.63) is 84.4 Å². The van der Waals surface area contributed by atoms with Crippen LogP contribution in [-0.4, -0.2) is 26.1 Å². The maximum atomic E-state index is 13.0. The summed E-state index contributed by atoms with van der Waals surface area (Å²) < 4.78 is 5.24. The van der Waals surface area contributed by atoms with Gasteiger partial charge in [-0.25, -0.2) is 0 Å². The summed E-state index contributed by atoms with van der Waals surface area (Å²) in [5.74, 6) is 0.932. The third-order valence-electron chi connectivity index (χ3n) is 5.33. The van der Waals surface area contributed by atoms with Crippen LogP contribution in [0.3, 0.4) is 0 Å². The SMILES string of the molecule is COc1ccc(C2CNCC2C(=O)Nc2cccc(-c3ccccc3)c2)cc1. The topological polar surface area (TPSA) is 50.4 Å². The zero-order valence-electron chi connectivity index (χ0n) is 15.9. The molecule has 1 fully saturated rings. The molecule has 1 amide bonds. The van der Waals surface area contributed by atoms with Crippen molar-refractivity contribution < 1.29 is 9.53 Å². The normalized spacial score (nSPS) is 18.6.